The average Bonchev–Trinajstić information content (AvgIpc) is 3.26. The second-order valence-electron chi connectivity index (χ2n) is 7.01. The molecule has 0 amide bonds. The van der Waals surface area contributed by atoms with Gasteiger partial charge in [0.25, 0.3) is 0 Å². The van der Waals surface area contributed by atoms with E-state index in [9.17, 15) is 0 Å². The van der Waals surface area contributed by atoms with E-state index >= 15 is 0 Å². The maximum absolute atomic E-state index is 5.35. The molecule has 0 radical (unpaired) electrons. The second-order valence-corrected chi connectivity index (χ2v) is 7.01. The van der Waals surface area contributed by atoms with Gasteiger partial charge >= 0.3 is 0 Å². The lowest BCUT2D eigenvalue weighted by Gasteiger charge is -2.15. The number of hydrogen-bond acceptors (Lipinski definition) is 2. The van der Waals surface area contributed by atoms with Crippen LogP contribution in [-0.2, 0) is 6.42 Å². The molecule has 0 saturated carbocycles. The minimum atomic E-state index is 0.905. The minimum Gasteiger partial charge on any atom is -0.497 e. The molecule has 1 saturated heterocycles. The quantitative estimate of drug-likeness (QED) is 0.679. The Morgan fingerprint density at radius 2 is 1.72 bits per heavy atom. The molecule has 0 spiro atoms. The van der Waals surface area contributed by atoms with Gasteiger partial charge in [0.05, 0.1) is 12.6 Å². The van der Waals surface area contributed by atoms with Gasteiger partial charge in [-0.1, -0.05) is 12.1 Å². The molecule has 25 heavy (non-hydrogen) atoms. The highest BCUT2D eigenvalue weighted by Crippen LogP contribution is 2.27. The minimum absolute atomic E-state index is 0.905. The van der Waals surface area contributed by atoms with E-state index in [1.807, 2.05) is 6.07 Å². The molecule has 2 heterocycles. The van der Waals surface area contributed by atoms with Crippen LogP contribution in [0.15, 0.2) is 48.5 Å². The van der Waals surface area contributed by atoms with Gasteiger partial charge in [0, 0.05) is 23.3 Å². The van der Waals surface area contributed by atoms with E-state index in [4.69, 9.17) is 4.74 Å². The zero-order valence-corrected chi connectivity index (χ0v) is 15.2. The normalized spacial score (nSPS) is 15.1. The van der Waals surface area contributed by atoms with E-state index in [0.717, 1.165) is 12.2 Å². The lowest BCUT2D eigenvalue weighted by atomic mass is 10.1. The smallest absolute Gasteiger partial charge is 0.119 e. The van der Waals surface area contributed by atoms with Crippen LogP contribution in [0, 0.1) is 6.92 Å². The fourth-order valence-corrected chi connectivity index (χ4v) is 3.91. The number of likely N-dealkylation sites (tertiary alicyclic amines) is 1. The van der Waals surface area contributed by atoms with Crippen molar-refractivity contribution in [2.45, 2.75) is 26.2 Å². The number of methoxy groups -OCH3 is 1. The zero-order valence-electron chi connectivity index (χ0n) is 15.2. The van der Waals surface area contributed by atoms with Crippen molar-refractivity contribution in [1.82, 2.24) is 9.47 Å². The topological polar surface area (TPSA) is 17.4 Å². The van der Waals surface area contributed by atoms with E-state index < -0.39 is 0 Å². The Morgan fingerprint density at radius 3 is 2.44 bits per heavy atom. The molecule has 1 aliphatic rings. The Balaban J connectivity index is 1.57. The van der Waals surface area contributed by atoms with E-state index in [0.29, 0.717) is 0 Å². The first kappa shape index (κ1) is 16.2. The fourth-order valence-electron chi connectivity index (χ4n) is 3.91. The van der Waals surface area contributed by atoms with Crippen molar-refractivity contribution in [3.63, 3.8) is 0 Å². The fraction of sp³-hybridized carbons (Fsp3) is 0.364. The van der Waals surface area contributed by atoms with Crippen molar-refractivity contribution in [3.8, 4) is 11.4 Å². The van der Waals surface area contributed by atoms with Crippen molar-refractivity contribution < 1.29 is 4.74 Å². The Bertz CT molecular complexity index is 858. The van der Waals surface area contributed by atoms with Gasteiger partial charge < -0.3 is 14.2 Å². The highest BCUT2D eigenvalue weighted by atomic mass is 16.5. The average molecular weight is 334 g/mol. The second kappa shape index (κ2) is 6.93. The summed E-state index contributed by atoms with van der Waals surface area (Å²) in [6.45, 7) is 5.89. The molecule has 3 nitrogen and oxygen atoms in total. The maximum Gasteiger partial charge on any atom is 0.119 e. The SMILES string of the molecule is COc1ccc2c(c1)cc(C)n2-c1ccc(CCN2CCCC2)cc1. The van der Waals surface area contributed by atoms with Crippen LogP contribution in [0.3, 0.4) is 0 Å². The van der Waals surface area contributed by atoms with Crippen LogP contribution in [-0.4, -0.2) is 36.2 Å². The van der Waals surface area contributed by atoms with Gasteiger partial charge in [0.15, 0.2) is 0 Å². The Kier molecular flexibility index (Phi) is 4.50. The number of hydrogen-bond donors (Lipinski definition) is 0. The summed E-state index contributed by atoms with van der Waals surface area (Å²) < 4.78 is 7.67. The van der Waals surface area contributed by atoms with Crippen molar-refractivity contribution in [2.24, 2.45) is 0 Å². The van der Waals surface area contributed by atoms with Crippen LogP contribution < -0.4 is 4.74 Å². The molecule has 0 aliphatic carbocycles. The molecule has 130 valence electrons. The predicted octanol–water partition coefficient (Wildman–Crippen LogP) is 4.59. The van der Waals surface area contributed by atoms with Gasteiger partial charge in [0.1, 0.15) is 5.75 Å². The van der Waals surface area contributed by atoms with Gasteiger partial charge in [-0.15, -0.1) is 0 Å². The summed E-state index contributed by atoms with van der Waals surface area (Å²) in [6, 6.07) is 17.5. The molecular weight excluding hydrogens is 308 g/mol. The number of aromatic nitrogens is 1. The number of rotatable bonds is 5. The summed E-state index contributed by atoms with van der Waals surface area (Å²) in [4.78, 5) is 2.57. The van der Waals surface area contributed by atoms with Gasteiger partial charge in [-0.05, 0) is 81.2 Å². The highest BCUT2D eigenvalue weighted by Gasteiger charge is 2.11. The zero-order chi connectivity index (χ0) is 17.2. The Morgan fingerprint density at radius 1 is 0.960 bits per heavy atom. The summed E-state index contributed by atoms with van der Waals surface area (Å²) in [6.07, 6.45) is 3.87. The van der Waals surface area contributed by atoms with Crippen LogP contribution in [0.5, 0.6) is 5.75 Å². The van der Waals surface area contributed by atoms with Gasteiger partial charge in [-0.25, -0.2) is 0 Å². The van der Waals surface area contributed by atoms with Gasteiger partial charge in [-0.2, -0.15) is 0 Å². The number of nitrogens with zero attached hydrogens (tertiary/aromatic N) is 2. The lowest BCUT2D eigenvalue weighted by molar-refractivity contribution is 0.343. The standard InChI is InChI=1S/C22H26N2O/c1-17-15-19-16-21(25-2)9-10-22(19)24(17)20-7-5-18(6-8-20)11-14-23-12-3-4-13-23/h5-10,15-16H,3-4,11-14H2,1-2H3. The molecule has 0 unspecified atom stereocenters. The molecule has 0 atom stereocenters. The number of fused-ring (bicyclic) bond motifs is 1. The number of aryl methyl sites for hydroxylation is 1. The molecule has 1 aliphatic heterocycles. The largest absolute Gasteiger partial charge is 0.497 e. The molecule has 1 aromatic heterocycles. The Labute approximate surface area is 149 Å². The maximum atomic E-state index is 5.35. The van der Waals surface area contributed by atoms with Crippen molar-refractivity contribution in [3.05, 3.63) is 59.8 Å². The Hall–Kier alpha value is -2.26. The highest BCUT2D eigenvalue weighted by molar-refractivity contribution is 5.84. The first-order valence-electron chi connectivity index (χ1n) is 9.22. The summed E-state index contributed by atoms with van der Waals surface area (Å²) in [5.74, 6) is 0.905. The van der Waals surface area contributed by atoms with Crippen LogP contribution >= 0.6 is 0 Å². The molecule has 0 bridgehead atoms. The molecule has 2 aromatic carbocycles. The van der Waals surface area contributed by atoms with Crippen LogP contribution in [0.4, 0.5) is 0 Å². The van der Waals surface area contributed by atoms with Crippen LogP contribution in [0.1, 0.15) is 24.1 Å². The van der Waals surface area contributed by atoms with E-state index in [1.54, 1.807) is 7.11 Å². The third kappa shape index (κ3) is 3.29. The summed E-state index contributed by atoms with van der Waals surface area (Å²) >= 11 is 0. The van der Waals surface area contributed by atoms with Crippen molar-refractivity contribution >= 4 is 10.9 Å². The first-order chi connectivity index (χ1) is 12.2. The van der Waals surface area contributed by atoms with E-state index in [-0.39, 0.29) is 0 Å². The lowest BCUT2D eigenvalue weighted by Crippen LogP contribution is -2.21. The predicted molar refractivity (Wildman–Crippen MR) is 104 cm³/mol. The summed E-state index contributed by atoms with van der Waals surface area (Å²) in [7, 11) is 1.71. The summed E-state index contributed by atoms with van der Waals surface area (Å²) in [5.41, 5.74) is 5.12. The van der Waals surface area contributed by atoms with E-state index in [1.165, 1.54) is 60.3 Å². The number of ether oxygens (including phenoxy) is 1. The molecular formula is C22H26N2O. The van der Waals surface area contributed by atoms with Crippen molar-refractivity contribution in [1.29, 1.82) is 0 Å². The summed E-state index contributed by atoms with van der Waals surface area (Å²) in [5, 5.41) is 1.22. The monoisotopic (exact) mass is 334 g/mol. The third-order valence-corrected chi connectivity index (χ3v) is 5.30. The van der Waals surface area contributed by atoms with Crippen LogP contribution in [0.2, 0.25) is 0 Å². The third-order valence-electron chi connectivity index (χ3n) is 5.30. The van der Waals surface area contributed by atoms with Crippen molar-refractivity contribution in [2.75, 3.05) is 26.7 Å². The van der Waals surface area contributed by atoms with Gasteiger partial charge in [-0.3, -0.25) is 0 Å². The van der Waals surface area contributed by atoms with Crippen LogP contribution in [0.25, 0.3) is 16.6 Å². The number of benzene rings is 2. The molecule has 0 N–H and O–H groups in total. The molecule has 3 heteroatoms. The first-order valence-corrected chi connectivity index (χ1v) is 9.22. The molecule has 3 aromatic rings. The molecule has 4 rings (SSSR count). The van der Waals surface area contributed by atoms with E-state index in [2.05, 4.69) is 58.9 Å². The molecule has 1 fully saturated rings. The van der Waals surface area contributed by atoms with Gasteiger partial charge in [0.2, 0.25) is 0 Å².